The maximum absolute atomic E-state index is 3.69. The molecule has 1 unspecified atom stereocenters. The first-order valence-electron chi connectivity index (χ1n) is 6.67. The number of rotatable bonds is 6. The van der Waals surface area contributed by atoms with Crippen LogP contribution in [-0.2, 0) is 0 Å². The van der Waals surface area contributed by atoms with Crippen molar-refractivity contribution in [2.24, 2.45) is 0 Å². The van der Waals surface area contributed by atoms with Crippen LogP contribution in [0.1, 0.15) is 52.4 Å². The molecule has 0 spiro atoms. The van der Waals surface area contributed by atoms with Crippen LogP contribution in [0.15, 0.2) is 0 Å². The van der Waals surface area contributed by atoms with Gasteiger partial charge < -0.3 is 10.2 Å². The second kappa shape index (κ2) is 7.24. The van der Waals surface area contributed by atoms with Crippen molar-refractivity contribution in [2.75, 3.05) is 20.1 Å². The van der Waals surface area contributed by atoms with Gasteiger partial charge in [0.2, 0.25) is 0 Å². The van der Waals surface area contributed by atoms with E-state index in [9.17, 15) is 0 Å². The second-order valence-corrected chi connectivity index (χ2v) is 5.03. The minimum atomic E-state index is 0.721. The Morgan fingerprint density at radius 3 is 2.53 bits per heavy atom. The summed E-state index contributed by atoms with van der Waals surface area (Å²) in [5, 5.41) is 3.69. The molecule has 2 nitrogen and oxygen atoms in total. The van der Waals surface area contributed by atoms with Crippen molar-refractivity contribution in [1.82, 2.24) is 10.2 Å². The van der Waals surface area contributed by atoms with Crippen LogP contribution in [0.3, 0.4) is 0 Å². The highest BCUT2D eigenvalue weighted by Gasteiger charge is 2.12. The van der Waals surface area contributed by atoms with Crippen molar-refractivity contribution >= 4 is 0 Å². The Balaban J connectivity index is 2.04. The third-order valence-corrected chi connectivity index (χ3v) is 3.85. The summed E-state index contributed by atoms with van der Waals surface area (Å²) >= 11 is 0. The van der Waals surface area contributed by atoms with Crippen LogP contribution >= 0.6 is 0 Å². The first-order valence-corrected chi connectivity index (χ1v) is 6.67. The van der Waals surface area contributed by atoms with E-state index in [0.29, 0.717) is 0 Å². The normalized spacial score (nSPS) is 20.8. The SMILES string of the molecule is CCC(C)N(C)CCNC1CCCCC1. The summed E-state index contributed by atoms with van der Waals surface area (Å²) < 4.78 is 0. The number of nitrogens with zero attached hydrogens (tertiary/aromatic N) is 1. The highest BCUT2D eigenvalue weighted by Crippen LogP contribution is 2.17. The Kier molecular flexibility index (Phi) is 6.26. The van der Waals surface area contributed by atoms with E-state index in [0.717, 1.165) is 18.6 Å². The van der Waals surface area contributed by atoms with Crippen LogP contribution in [0.25, 0.3) is 0 Å². The first-order chi connectivity index (χ1) is 7.24. The molecule has 0 aromatic carbocycles. The number of hydrogen-bond donors (Lipinski definition) is 1. The summed E-state index contributed by atoms with van der Waals surface area (Å²) in [6.07, 6.45) is 8.35. The molecule has 1 aliphatic rings. The lowest BCUT2D eigenvalue weighted by molar-refractivity contribution is 0.243. The largest absolute Gasteiger partial charge is 0.313 e. The summed E-state index contributed by atoms with van der Waals surface area (Å²) in [4.78, 5) is 2.45. The van der Waals surface area contributed by atoms with E-state index < -0.39 is 0 Å². The van der Waals surface area contributed by atoms with Gasteiger partial charge in [-0.1, -0.05) is 26.2 Å². The zero-order valence-corrected chi connectivity index (χ0v) is 10.8. The van der Waals surface area contributed by atoms with E-state index in [4.69, 9.17) is 0 Å². The van der Waals surface area contributed by atoms with Gasteiger partial charge in [-0.3, -0.25) is 0 Å². The zero-order chi connectivity index (χ0) is 11.1. The third-order valence-electron chi connectivity index (χ3n) is 3.85. The standard InChI is InChI=1S/C13H28N2/c1-4-12(2)15(3)11-10-14-13-8-6-5-7-9-13/h12-14H,4-11H2,1-3H3. The molecule has 1 atom stereocenters. The fourth-order valence-corrected chi connectivity index (χ4v) is 2.28. The summed E-state index contributed by atoms with van der Waals surface area (Å²) in [5.74, 6) is 0. The van der Waals surface area contributed by atoms with E-state index >= 15 is 0 Å². The summed E-state index contributed by atoms with van der Waals surface area (Å²) in [5.41, 5.74) is 0. The lowest BCUT2D eigenvalue weighted by atomic mass is 9.95. The lowest BCUT2D eigenvalue weighted by Crippen LogP contribution is -2.39. The van der Waals surface area contributed by atoms with Gasteiger partial charge in [-0.05, 0) is 33.2 Å². The molecule has 2 heteroatoms. The molecule has 0 bridgehead atoms. The van der Waals surface area contributed by atoms with Crippen molar-refractivity contribution in [3.05, 3.63) is 0 Å². The van der Waals surface area contributed by atoms with Gasteiger partial charge >= 0.3 is 0 Å². The average molecular weight is 212 g/mol. The molecular formula is C13H28N2. The predicted octanol–water partition coefficient (Wildman–Crippen LogP) is 2.64. The molecule has 1 fully saturated rings. The fraction of sp³-hybridized carbons (Fsp3) is 1.00. The van der Waals surface area contributed by atoms with Gasteiger partial charge in [0.15, 0.2) is 0 Å². The first kappa shape index (κ1) is 13.0. The molecular weight excluding hydrogens is 184 g/mol. The monoisotopic (exact) mass is 212 g/mol. The molecule has 0 amide bonds. The Morgan fingerprint density at radius 1 is 1.27 bits per heavy atom. The topological polar surface area (TPSA) is 15.3 Å². The van der Waals surface area contributed by atoms with Crippen molar-refractivity contribution < 1.29 is 0 Å². The lowest BCUT2D eigenvalue weighted by Gasteiger charge is -2.27. The molecule has 1 N–H and O–H groups in total. The van der Waals surface area contributed by atoms with Crippen molar-refractivity contribution in [3.8, 4) is 0 Å². The van der Waals surface area contributed by atoms with Gasteiger partial charge in [0, 0.05) is 25.2 Å². The highest BCUT2D eigenvalue weighted by atomic mass is 15.1. The van der Waals surface area contributed by atoms with Gasteiger partial charge in [0.05, 0.1) is 0 Å². The zero-order valence-electron chi connectivity index (χ0n) is 10.8. The van der Waals surface area contributed by atoms with Crippen LogP contribution in [-0.4, -0.2) is 37.1 Å². The van der Waals surface area contributed by atoms with Gasteiger partial charge in [-0.25, -0.2) is 0 Å². The molecule has 1 rings (SSSR count). The molecule has 0 saturated heterocycles. The van der Waals surface area contributed by atoms with Crippen LogP contribution in [0.5, 0.6) is 0 Å². The number of hydrogen-bond acceptors (Lipinski definition) is 2. The average Bonchev–Trinajstić information content (AvgIpc) is 2.29. The van der Waals surface area contributed by atoms with Crippen LogP contribution in [0.2, 0.25) is 0 Å². The summed E-state index contributed by atoms with van der Waals surface area (Å²) in [7, 11) is 2.23. The maximum atomic E-state index is 3.69. The van der Waals surface area contributed by atoms with Gasteiger partial charge in [-0.2, -0.15) is 0 Å². The van der Waals surface area contributed by atoms with E-state index in [1.54, 1.807) is 0 Å². The van der Waals surface area contributed by atoms with Gasteiger partial charge in [0.1, 0.15) is 0 Å². The molecule has 0 aromatic rings. The van der Waals surface area contributed by atoms with Crippen LogP contribution in [0, 0.1) is 0 Å². The van der Waals surface area contributed by atoms with E-state index in [1.165, 1.54) is 45.1 Å². The smallest absolute Gasteiger partial charge is 0.0107 e. The summed E-state index contributed by atoms with van der Waals surface area (Å²) in [6, 6.07) is 1.53. The minimum Gasteiger partial charge on any atom is -0.313 e. The molecule has 0 aromatic heterocycles. The second-order valence-electron chi connectivity index (χ2n) is 5.03. The maximum Gasteiger partial charge on any atom is 0.0107 e. The minimum absolute atomic E-state index is 0.721. The van der Waals surface area contributed by atoms with Crippen molar-refractivity contribution in [1.29, 1.82) is 0 Å². The highest BCUT2D eigenvalue weighted by molar-refractivity contribution is 4.72. The molecule has 0 radical (unpaired) electrons. The van der Waals surface area contributed by atoms with E-state index in [2.05, 4.69) is 31.1 Å². The Labute approximate surface area is 95.4 Å². The van der Waals surface area contributed by atoms with Crippen molar-refractivity contribution in [3.63, 3.8) is 0 Å². The van der Waals surface area contributed by atoms with Gasteiger partial charge in [-0.15, -0.1) is 0 Å². The van der Waals surface area contributed by atoms with Crippen LogP contribution < -0.4 is 5.32 Å². The van der Waals surface area contributed by atoms with E-state index in [-0.39, 0.29) is 0 Å². The third kappa shape index (κ3) is 4.98. The quantitative estimate of drug-likeness (QED) is 0.728. The number of nitrogens with one attached hydrogen (secondary N) is 1. The molecule has 1 saturated carbocycles. The predicted molar refractivity (Wildman–Crippen MR) is 67.3 cm³/mol. The molecule has 0 aliphatic heterocycles. The van der Waals surface area contributed by atoms with Crippen LogP contribution in [0.4, 0.5) is 0 Å². The van der Waals surface area contributed by atoms with Gasteiger partial charge in [0.25, 0.3) is 0 Å². The Morgan fingerprint density at radius 2 is 1.93 bits per heavy atom. The Hall–Kier alpha value is -0.0800. The van der Waals surface area contributed by atoms with E-state index in [1.807, 2.05) is 0 Å². The molecule has 1 aliphatic carbocycles. The summed E-state index contributed by atoms with van der Waals surface area (Å²) in [6.45, 7) is 6.91. The number of likely N-dealkylation sites (N-methyl/N-ethyl adjacent to an activating group) is 1. The molecule has 15 heavy (non-hydrogen) atoms. The fourth-order valence-electron chi connectivity index (χ4n) is 2.28. The Bertz CT molecular complexity index is 151. The molecule has 0 heterocycles. The molecule has 90 valence electrons. The van der Waals surface area contributed by atoms with Crippen molar-refractivity contribution in [2.45, 2.75) is 64.5 Å².